The van der Waals surface area contributed by atoms with Gasteiger partial charge in [0, 0.05) is 0 Å². The second kappa shape index (κ2) is 6.49. The smallest absolute Gasteiger partial charge is 0.200 e. The van der Waals surface area contributed by atoms with Gasteiger partial charge in [-0.1, -0.05) is 12.2 Å². The number of ether oxygens (including phenoxy) is 1. The summed E-state index contributed by atoms with van der Waals surface area (Å²) in [6.45, 7) is -0.134. The summed E-state index contributed by atoms with van der Waals surface area (Å²) in [6.07, 6.45) is -2.88. The Balaban J connectivity index is 1.93. The average Bonchev–Trinajstić information content (AvgIpc) is 3.00. The van der Waals surface area contributed by atoms with Gasteiger partial charge >= 0.3 is 0 Å². The SMILES string of the molecule is Nc1nc2c(ncn2[C@@H]2O[C@H](CO[PH](O)=S)C(O)C2O)c(=S)[nH]1. The van der Waals surface area contributed by atoms with Crippen molar-refractivity contribution in [3.8, 4) is 0 Å². The second-order valence-electron chi connectivity index (χ2n) is 4.90. The van der Waals surface area contributed by atoms with E-state index in [4.69, 9.17) is 32.1 Å². The fourth-order valence-electron chi connectivity index (χ4n) is 2.38. The summed E-state index contributed by atoms with van der Waals surface area (Å²) in [5.74, 6) is 0.0933. The van der Waals surface area contributed by atoms with Crippen molar-refractivity contribution in [1.29, 1.82) is 0 Å². The minimum Gasteiger partial charge on any atom is -0.387 e. The Bertz CT molecular complexity index is 813. The number of hydrogen-bond acceptors (Lipinski definition) is 9. The molecule has 13 heteroatoms. The lowest BCUT2D eigenvalue weighted by molar-refractivity contribution is -0.0467. The summed E-state index contributed by atoms with van der Waals surface area (Å²) < 4.78 is 12.3. The van der Waals surface area contributed by atoms with Crippen molar-refractivity contribution in [2.75, 3.05) is 12.3 Å². The van der Waals surface area contributed by atoms with Gasteiger partial charge in [-0.25, -0.2) is 4.98 Å². The molecular weight excluding hydrogens is 365 g/mol. The van der Waals surface area contributed by atoms with Gasteiger partial charge in [0.2, 0.25) is 5.95 Å². The molecule has 3 rings (SSSR count). The summed E-state index contributed by atoms with van der Waals surface area (Å²) in [5, 5.41) is 20.3. The number of rotatable bonds is 4. The number of anilines is 1. The lowest BCUT2D eigenvalue weighted by atomic mass is 10.1. The molecule has 1 aliphatic heterocycles. The van der Waals surface area contributed by atoms with E-state index < -0.39 is 31.7 Å². The molecule has 3 unspecified atom stereocenters. The molecule has 0 aliphatic carbocycles. The van der Waals surface area contributed by atoms with Gasteiger partial charge in [-0.05, 0) is 11.8 Å². The van der Waals surface area contributed by atoms with Crippen LogP contribution in [0.15, 0.2) is 6.33 Å². The lowest BCUT2D eigenvalue weighted by Crippen LogP contribution is -2.33. The minimum atomic E-state index is -2.33. The molecule has 23 heavy (non-hydrogen) atoms. The average molecular weight is 379 g/mol. The molecule has 6 N–H and O–H groups in total. The Morgan fingerprint density at radius 3 is 2.91 bits per heavy atom. The molecule has 2 aromatic rings. The summed E-state index contributed by atoms with van der Waals surface area (Å²) in [7, 11) is -2.33. The normalized spacial score (nSPS) is 29.2. The Hall–Kier alpha value is -0.980. The van der Waals surface area contributed by atoms with Crippen LogP contribution in [-0.2, 0) is 21.1 Å². The van der Waals surface area contributed by atoms with Crippen LogP contribution < -0.4 is 5.73 Å². The highest BCUT2D eigenvalue weighted by Crippen LogP contribution is 2.32. The van der Waals surface area contributed by atoms with Crippen LogP contribution >= 0.6 is 19.4 Å². The number of nitrogen functional groups attached to an aromatic ring is 1. The highest BCUT2D eigenvalue weighted by atomic mass is 32.4. The zero-order chi connectivity index (χ0) is 16.7. The first-order valence-corrected chi connectivity index (χ1v) is 9.38. The molecule has 1 fully saturated rings. The van der Waals surface area contributed by atoms with E-state index in [1.165, 1.54) is 10.9 Å². The molecule has 0 bridgehead atoms. The largest absolute Gasteiger partial charge is 0.387 e. The maximum Gasteiger partial charge on any atom is 0.200 e. The Morgan fingerprint density at radius 1 is 1.48 bits per heavy atom. The van der Waals surface area contributed by atoms with Crippen LogP contribution in [0.25, 0.3) is 11.2 Å². The Kier molecular flexibility index (Phi) is 4.76. The fraction of sp³-hybridized carbons (Fsp3) is 0.500. The number of nitrogens with two attached hydrogens (primary N) is 1. The predicted octanol–water partition coefficient (Wildman–Crippen LogP) is -0.795. The van der Waals surface area contributed by atoms with Crippen LogP contribution in [0, 0.1) is 4.64 Å². The van der Waals surface area contributed by atoms with Crippen LogP contribution in [0.4, 0.5) is 5.95 Å². The van der Waals surface area contributed by atoms with Crippen molar-refractivity contribution in [1.82, 2.24) is 19.5 Å². The molecule has 0 amide bonds. The molecule has 0 radical (unpaired) electrons. The second-order valence-corrected chi connectivity index (χ2v) is 7.17. The van der Waals surface area contributed by atoms with Crippen LogP contribution in [-0.4, -0.2) is 59.5 Å². The van der Waals surface area contributed by atoms with Gasteiger partial charge < -0.3 is 35.1 Å². The summed E-state index contributed by atoms with van der Waals surface area (Å²) in [4.78, 5) is 19.9. The number of aromatic nitrogens is 4. The van der Waals surface area contributed by atoms with E-state index in [-0.39, 0.29) is 12.6 Å². The molecule has 10 nitrogen and oxygen atoms in total. The summed E-state index contributed by atoms with van der Waals surface area (Å²) >= 11 is 9.68. The minimum absolute atomic E-state index is 0.0933. The molecule has 126 valence electrons. The maximum absolute atomic E-state index is 10.2. The third kappa shape index (κ3) is 3.16. The first-order valence-electron chi connectivity index (χ1n) is 6.48. The van der Waals surface area contributed by atoms with Gasteiger partial charge in [-0.15, -0.1) is 0 Å². The van der Waals surface area contributed by atoms with E-state index in [1.54, 1.807) is 0 Å². The van der Waals surface area contributed by atoms with Gasteiger partial charge in [-0.3, -0.25) is 4.57 Å². The monoisotopic (exact) mass is 379 g/mol. The number of imidazole rings is 1. The first kappa shape index (κ1) is 16.9. The third-order valence-corrected chi connectivity index (χ3v) is 4.50. The van der Waals surface area contributed by atoms with Crippen molar-refractivity contribution < 1.29 is 24.4 Å². The van der Waals surface area contributed by atoms with E-state index in [0.29, 0.717) is 15.8 Å². The van der Waals surface area contributed by atoms with Crippen molar-refractivity contribution in [2.24, 2.45) is 0 Å². The molecule has 0 spiro atoms. The zero-order valence-electron chi connectivity index (χ0n) is 11.5. The number of H-pyrrole nitrogens is 1. The molecule has 3 heterocycles. The highest BCUT2D eigenvalue weighted by Gasteiger charge is 2.44. The standard InChI is InChI=1S/C10H14N5O5PS2/c11-10-13-7-4(8(22)14-10)12-2-15(7)9-6(17)5(16)3(20-9)1-19-21(18)23/h2-3,5-6,9,16-17,21H,1H2,(H,18,23)(H3,11,13,14,22)/t3-,5?,6?,9-/m1/s1. The number of nitrogens with one attached hydrogen (secondary N) is 1. The predicted molar refractivity (Wildman–Crippen MR) is 86.9 cm³/mol. The van der Waals surface area contributed by atoms with Crippen molar-refractivity contribution in [3.63, 3.8) is 0 Å². The third-order valence-electron chi connectivity index (χ3n) is 3.43. The molecule has 5 atom stereocenters. The van der Waals surface area contributed by atoms with Gasteiger partial charge in [0.05, 0.1) is 12.9 Å². The number of aromatic amines is 1. The van der Waals surface area contributed by atoms with Gasteiger partial charge in [0.15, 0.2) is 19.0 Å². The number of hydrogen-bond donors (Lipinski definition) is 5. The molecule has 0 aromatic carbocycles. The molecule has 1 saturated heterocycles. The zero-order valence-corrected chi connectivity index (χ0v) is 14.1. The van der Waals surface area contributed by atoms with E-state index in [0.717, 1.165) is 0 Å². The Morgan fingerprint density at radius 2 is 2.22 bits per heavy atom. The van der Waals surface area contributed by atoms with Gasteiger partial charge in [-0.2, -0.15) is 4.98 Å². The molecule has 2 aromatic heterocycles. The number of aliphatic hydroxyl groups excluding tert-OH is 2. The van der Waals surface area contributed by atoms with Crippen LogP contribution in [0.5, 0.6) is 0 Å². The lowest BCUT2D eigenvalue weighted by Gasteiger charge is -2.16. The quantitative estimate of drug-likeness (QED) is 0.337. The Labute approximate surface area is 140 Å². The van der Waals surface area contributed by atoms with E-state index in [2.05, 4.69) is 26.8 Å². The maximum atomic E-state index is 10.2. The number of aliphatic hydroxyl groups is 2. The van der Waals surface area contributed by atoms with E-state index in [1.807, 2.05) is 0 Å². The fourth-order valence-corrected chi connectivity index (χ4v) is 3.14. The molecule has 1 aliphatic rings. The van der Waals surface area contributed by atoms with Gasteiger partial charge in [0.25, 0.3) is 0 Å². The topological polar surface area (TPSA) is 152 Å². The van der Waals surface area contributed by atoms with Gasteiger partial charge in [0.1, 0.15) is 28.5 Å². The highest BCUT2D eigenvalue weighted by molar-refractivity contribution is 8.00. The number of nitrogens with zero attached hydrogens (tertiary/aromatic N) is 3. The van der Waals surface area contributed by atoms with Crippen molar-refractivity contribution in [3.05, 3.63) is 11.0 Å². The van der Waals surface area contributed by atoms with Crippen molar-refractivity contribution >= 4 is 48.3 Å². The molecule has 0 saturated carbocycles. The van der Waals surface area contributed by atoms with E-state index >= 15 is 0 Å². The molecular formula is C10H14N5O5PS2. The van der Waals surface area contributed by atoms with Crippen LogP contribution in [0.2, 0.25) is 0 Å². The van der Waals surface area contributed by atoms with E-state index in [9.17, 15) is 10.2 Å². The van der Waals surface area contributed by atoms with Crippen molar-refractivity contribution in [2.45, 2.75) is 24.5 Å². The number of fused-ring (bicyclic) bond motifs is 1. The summed E-state index contributed by atoms with van der Waals surface area (Å²) in [5.41, 5.74) is 6.35. The van der Waals surface area contributed by atoms with Crippen LogP contribution in [0.3, 0.4) is 0 Å². The first-order chi connectivity index (χ1) is 10.9. The van der Waals surface area contributed by atoms with Crippen LogP contribution in [0.1, 0.15) is 6.23 Å². The summed E-state index contributed by atoms with van der Waals surface area (Å²) in [6, 6.07) is 0.